The van der Waals surface area contributed by atoms with Gasteiger partial charge in [-0.15, -0.1) is 0 Å². The highest BCUT2D eigenvalue weighted by molar-refractivity contribution is 9.10. The Morgan fingerprint density at radius 3 is 2.66 bits per heavy atom. The van der Waals surface area contributed by atoms with E-state index in [1.54, 1.807) is 25.1 Å². The first-order valence-electron chi connectivity index (χ1n) is 8.81. The molecule has 8 heteroatoms. The number of nitrogens with zero attached hydrogens (tertiary/aromatic N) is 1. The number of aryl methyl sites for hydroxylation is 1. The number of esters is 1. The highest BCUT2D eigenvalue weighted by Crippen LogP contribution is 2.37. The summed E-state index contributed by atoms with van der Waals surface area (Å²) < 4.78 is 11.8. The fraction of sp³-hybridized carbons (Fsp3) is 0.190. The van der Waals surface area contributed by atoms with Crippen LogP contribution in [0.15, 0.2) is 51.8 Å². The largest absolute Gasteiger partial charge is 0.481 e. The van der Waals surface area contributed by atoms with Crippen molar-refractivity contribution in [2.24, 2.45) is 0 Å². The van der Waals surface area contributed by atoms with Crippen LogP contribution in [0, 0.1) is 6.92 Å². The van der Waals surface area contributed by atoms with Gasteiger partial charge in [0.2, 0.25) is 0 Å². The highest BCUT2D eigenvalue weighted by atomic mass is 79.9. The van der Waals surface area contributed by atoms with Crippen LogP contribution in [0.3, 0.4) is 0 Å². The van der Waals surface area contributed by atoms with Crippen LogP contribution in [0.5, 0.6) is 5.75 Å². The summed E-state index contributed by atoms with van der Waals surface area (Å²) in [4.78, 5) is 26.6. The summed E-state index contributed by atoms with van der Waals surface area (Å²) in [6.07, 6.45) is 1.72. The molecule has 3 rings (SSSR count). The SMILES string of the molecule is CCOC(=O)COc1ccc(Br)cc1/C=C1\SC(=S)N(c2ccc(C)cc2)C1=O. The molecule has 150 valence electrons. The number of thiocarbonyl (C=S) groups is 1. The normalized spacial score (nSPS) is 15.1. The maximum Gasteiger partial charge on any atom is 0.344 e. The van der Waals surface area contributed by atoms with Gasteiger partial charge in [-0.2, -0.15) is 0 Å². The van der Waals surface area contributed by atoms with Crippen LogP contribution in [0.4, 0.5) is 5.69 Å². The van der Waals surface area contributed by atoms with E-state index in [0.717, 1.165) is 15.7 Å². The first-order chi connectivity index (χ1) is 13.9. The molecule has 0 unspecified atom stereocenters. The number of rotatable bonds is 6. The third-order valence-corrected chi connectivity index (χ3v) is 5.79. The van der Waals surface area contributed by atoms with E-state index in [9.17, 15) is 9.59 Å². The molecule has 1 heterocycles. The molecule has 0 bridgehead atoms. The van der Waals surface area contributed by atoms with Gasteiger partial charge in [-0.1, -0.05) is 57.6 Å². The molecule has 0 radical (unpaired) electrons. The van der Waals surface area contributed by atoms with Crippen LogP contribution in [0.2, 0.25) is 0 Å². The minimum Gasteiger partial charge on any atom is -0.481 e. The van der Waals surface area contributed by atoms with Crippen LogP contribution < -0.4 is 9.64 Å². The lowest BCUT2D eigenvalue weighted by Gasteiger charge is -2.14. The summed E-state index contributed by atoms with van der Waals surface area (Å²) in [6.45, 7) is 3.80. The van der Waals surface area contributed by atoms with Crippen molar-refractivity contribution >= 4 is 67.9 Å². The van der Waals surface area contributed by atoms with Gasteiger partial charge in [0.1, 0.15) is 5.75 Å². The van der Waals surface area contributed by atoms with Gasteiger partial charge in [-0.3, -0.25) is 9.69 Å². The van der Waals surface area contributed by atoms with Crippen molar-refractivity contribution < 1.29 is 19.1 Å². The molecule has 0 aromatic heterocycles. The van der Waals surface area contributed by atoms with Gasteiger partial charge in [0.25, 0.3) is 5.91 Å². The predicted molar refractivity (Wildman–Crippen MR) is 123 cm³/mol. The van der Waals surface area contributed by atoms with Crippen LogP contribution in [0.25, 0.3) is 6.08 Å². The molecule has 29 heavy (non-hydrogen) atoms. The van der Waals surface area contributed by atoms with E-state index >= 15 is 0 Å². The van der Waals surface area contributed by atoms with Gasteiger partial charge in [-0.25, -0.2) is 4.79 Å². The smallest absolute Gasteiger partial charge is 0.344 e. The third kappa shape index (κ3) is 5.26. The van der Waals surface area contributed by atoms with Gasteiger partial charge in [-0.05, 0) is 50.3 Å². The number of carbonyl (C=O) groups excluding carboxylic acids is 2. The van der Waals surface area contributed by atoms with E-state index in [1.165, 1.54) is 16.7 Å². The molecule has 1 saturated heterocycles. The molecule has 1 fully saturated rings. The van der Waals surface area contributed by atoms with Crippen molar-refractivity contribution in [2.45, 2.75) is 13.8 Å². The van der Waals surface area contributed by atoms with Gasteiger partial charge in [0.15, 0.2) is 10.9 Å². The monoisotopic (exact) mass is 491 g/mol. The molecule has 1 aliphatic rings. The summed E-state index contributed by atoms with van der Waals surface area (Å²) in [7, 11) is 0. The Kier molecular flexibility index (Phi) is 7.10. The molecule has 0 saturated carbocycles. The summed E-state index contributed by atoms with van der Waals surface area (Å²) in [5.41, 5.74) is 2.50. The van der Waals surface area contributed by atoms with Crippen molar-refractivity contribution in [3.05, 3.63) is 63.0 Å². The van der Waals surface area contributed by atoms with E-state index in [-0.39, 0.29) is 19.1 Å². The average Bonchev–Trinajstić information content (AvgIpc) is 2.95. The Morgan fingerprint density at radius 2 is 1.97 bits per heavy atom. The molecule has 2 aromatic rings. The number of ether oxygens (including phenoxy) is 2. The van der Waals surface area contributed by atoms with Gasteiger partial charge in [0.05, 0.1) is 17.2 Å². The maximum absolute atomic E-state index is 13.0. The second kappa shape index (κ2) is 9.56. The van der Waals surface area contributed by atoms with E-state index in [2.05, 4.69) is 15.9 Å². The molecule has 0 atom stereocenters. The van der Waals surface area contributed by atoms with Gasteiger partial charge in [0, 0.05) is 10.0 Å². The molecule has 1 amide bonds. The number of thioether (sulfide) groups is 1. The number of anilines is 1. The van der Waals surface area contributed by atoms with Crippen molar-refractivity contribution in [3.63, 3.8) is 0 Å². The van der Waals surface area contributed by atoms with Gasteiger partial charge < -0.3 is 9.47 Å². The molecule has 0 spiro atoms. The Labute approximate surface area is 187 Å². The fourth-order valence-electron chi connectivity index (χ4n) is 2.63. The first kappa shape index (κ1) is 21.5. The summed E-state index contributed by atoms with van der Waals surface area (Å²) in [6, 6.07) is 13.0. The quantitative estimate of drug-likeness (QED) is 0.318. The van der Waals surface area contributed by atoms with Crippen molar-refractivity contribution in [2.75, 3.05) is 18.1 Å². The molecule has 2 aromatic carbocycles. The summed E-state index contributed by atoms with van der Waals surface area (Å²) in [5.74, 6) is -0.172. The molecular weight excluding hydrogens is 474 g/mol. The zero-order chi connectivity index (χ0) is 21.0. The van der Waals surface area contributed by atoms with Crippen LogP contribution in [-0.2, 0) is 14.3 Å². The molecule has 1 aliphatic heterocycles. The van der Waals surface area contributed by atoms with Gasteiger partial charge >= 0.3 is 5.97 Å². The zero-order valence-electron chi connectivity index (χ0n) is 15.8. The predicted octanol–water partition coefficient (Wildman–Crippen LogP) is 5.11. The number of halogens is 1. The summed E-state index contributed by atoms with van der Waals surface area (Å²) >= 11 is 10.1. The lowest BCUT2D eigenvalue weighted by atomic mass is 10.1. The number of benzene rings is 2. The molecule has 5 nitrogen and oxygen atoms in total. The second-order valence-corrected chi connectivity index (χ2v) is 8.72. The third-order valence-electron chi connectivity index (χ3n) is 4.00. The number of hydrogen-bond acceptors (Lipinski definition) is 6. The van der Waals surface area contributed by atoms with Crippen LogP contribution >= 0.6 is 39.9 Å². The van der Waals surface area contributed by atoms with Crippen LogP contribution in [-0.4, -0.2) is 29.4 Å². The fourth-order valence-corrected chi connectivity index (χ4v) is 4.30. The van der Waals surface area contributed by atoms with Crippen molar-refractivity contribution in [3.8, 4) is 5.75 Å². The Hall–Kier alpha value is -2.16. The van der Waals surface area contributed by atoms with E-state index in [0.29, 0.717) is 20.5 Å². The van der Waals surface area contributed by atoms with E-state index in [4.69, 9.17) is 21.7 Å². The summed E-state index contributed by atoms with van der Waals surface area (Å²) in [5, 5.41) is 0. The lowest BCUT2D eigenvalue weighted by molar-refractivity contribution is -0.145. The van der Waals surface area contributed by atoms with E-state index in [1.807, 2.05) is 37.3 Å². The minimum absolute atomic E-state index is 0.194. The first-order valence-corrected chi connectivity index (χ1v) is 10.8. The lowest BCUT2D eigenvalue weighted by Crippen LogP contribution is -2.27. The molecule has 0 N–H and O–H groups in total. The number of carbonyl (C=O) groups is 2. The minimum atomic E-state index is -0.452. The average molecular weight is 492 g/mol. The Bertz CT molecular complexity index is 989. The van der Waals surface area contributed by atoms with Crippen molar-refractivity contribution in [1.29, 1.82) is 0 Å². The number of hydrogen-bond donors (Lipinski definition) is 0. The highest BCUT2D eigenvalue weighted by Gasteiger charge is 2.33. The maximum atomic E-state index is 13.0. The standard InChI is InChI=1S/C21H18BrNO4S2/c1-3-26-19(24)12-27-17-9-6-15(22)10-14(17)11-18-20(25)23(21(28)29-18)16-7-4-13(2)5-8-16/h4-11H,3,12H2,1-2H3/b18-11-. The molecule has 0 aliphatic carbocycles. The number of amides is 1. The van der Waals surface area contributed by atoms with E-state index < -0.39 is 5.97 Å². The molecular formula is C21H18BrNO4S2. The van der Waals surface area contributed by atoms with Crippen molar-refractivity contribution in [1.82, 2.24) is 0 Å². The Morgan fingerprint density at radius 1 is 1.24 bits per heavy atom. The second-order valence-electron chi connectivity index (χ2n) is 6.13. The topological polar surface area (TPSA) is 55.8 Å². The van der Waals surface area contributed by atoms with Crippen LogP contribution in [0.1, 0.15) is 18.1 Å². The zero-order valence-corrected chi connectivity index (χ0v) is 19.0. The Balaban J connectivity index is 1.87.